The number of rotatable bonds is 5. The molecule has 11 heteroatoms. The molecule has 1 aliphatic heterocycles. The molecule has 1 aliphatic rings. The van der Waals surface area contributed by atoms with Crippen molar-refractivity contribution in [3.05, 3.63) is 63.4 Å². The van der Waals surface area contributed by atoms with Gasteiger partial charge >= 0.3 is 6.03 Å². The predicted octanol–water partition coefficient (Wildman–Crippen LogP) is 2.05. The van der Waals surface area contributed by atoms with E-state index in [9.17, 15) is 24.5 Å². The Hall–Kier alpha value is -3.53. The van der Waals surface area contributed by atoms with Crippen LogP contribution in [-0.2, 0) is 15.1 Å². The Kier molecular flexibility index (Phi) is 4.97. The van der Waals surface area contributed by atoms with E-state index in [4.69, 9.17) is 11.6 Å². The number of amides is 4. The van der Waals surface area contributed by atoms with Crippen LogP contribution in [0.1, 0.15) is 12.5 Å². The number of halogens is 1. The van der Waals surface area contributed by atoms with Crippen molar-refractivity contribution >= 4 is 40.8 Å². The summed E-state index contributed by atoms with van der Waals surface area (Å²) in [6.07, 6.45) is 1.45. The van der Waals surface area contributed by atoms with E-state index < -0.39 is 34.9 Å². The van der Waals surface area contributed by atoms with Gasteiger partial charge in [0.1, 0.15) is 12.1 Å². The Morgan fingerprint density at radius 2 is 2.00 bits per heavy atom. The number of aromatic nitrogens is 1. The van der Waals surface area contributed by atoms with Crippen molar-refractivity contribution < 1.29 is 19.3 Å². The number of nitro groups is 1. The maximum atomic E-state index is 12.8. The third-order valence-corrected chi connectivity index (χ3v) is 4.57. The molecule has 28 heavy (non-hydrogen) atoms. The van der Waals surface area contributed by atoms with Gasteiger partial charge < -0.3 is 10.6 Å². The van der Waals surface area contributed by atoms with E-state index in [1.165, 1.54) is 43.5 Å². The van der Waals surface area contributed by atoms with Crippen LogP contribution in [0.3, 0.4) is 0 Å². The summed E-state index contributed by atoms with van der Waals surface area (Å²) in [5.41, 5.74) is -0.985. The third-order valence-electron chi connectivity index (χ3n) is 4.27. The first-order chi connectivity index (χ1) is 13.2. The molecule has 1 aromatic carbocycles. The second-order valence-electron chi connectivity index (χ2n) is 6.14. The second kappa shape index (κ2) is 7.24. The second-order valence-corrected chi connectivity index (χ2v) is 6.50. The number of non-ortho nitro benzene ring substituents is 1. The molecule has 2 heterocycles. The highest BCUT2D eigenvalue weighted by atomic mass is 35.5. The van der Waals surface area contributed by atoms with Crippen LogP contribution in [0.5, 0.6) is 0 Å². The smallest absolute Gasteiger partial charge is 0.322 e. The molecule has 2 N–H and O–H groups in total. The topological polar surface area (TPSA) is 135 Å². The van der Waals surface area contributed by atoms with Crippen LogP contribution in [0.25, 0.3) is 0 Å². The van der Waals surface area contributed by atoms with Crippen molar-refractivity contribution in [3.8, 4) is 0 Å². The van der Waals surface area contributed by atoms with Crippen LogP contribution in [0, 0.1) is 10.1 Å². The Morgan fingerprint density at radius 1 is 1.32 bits per heavy atom. The summed E-state index contributed by atoms with van der Waals surface area (Å²) in [5.74, 6) is -1.29. The first kappa shape index (κ1) is 19.2. The van der Waals surface area contributed by atoms with Crippen LogP contribution in [0.2, 0.25) is 5.15 Å². The fourth-order valence-corrected chi connectivity index (χ4v) is 2.93. The summed E-state index contributed by atoms with van der Waals surface area (Å²) in [7, 11) is 0. The minimum Gasteiger partial charge on any atom is -0.322 e. The van der Waals surface area contributed by atoms with Crippen molar-refractivity contribution in [2.24, 2.45) is 0 Å². The normalized spacial score (nSPS) is 18.7. The lowest BCUT2D eigenvalue weighted by molar-refractivity contribution is -0.384. The summed E-state index contributed by atoms with van der Waals surface area (Å²) in [6.45, 7) is 0.933. The number of carbonyl (C=O) groups is 3. The lowest BCUT2D eigenvalue weighted by Gasteiger charge is -2.22. The van der Waals surface area contributed by atoms with Gasteiger partial charge in [0.05, 0.1) is 10.6 Å². The molecule has 1 saturated heterocycles. The van der Waals surface area contributed by atoms with E-state index in [2.05, 4.69) is 15.6 Å². The summed E-state index contributed by atoms with van der Waals surface area (Å²) in [6, 6.07) is 7.59. The zero-order valence-corrected chi connectivity index (χ0v) is 15.3. The van der Waals surface area contributed by atoms with E-state index >= 15 is 0 Å². The largest absolute Gasteiger partial charge is 0.325 e. The van der Waals surface area contributed by atoms with E-state index in [0.29, 0.717) is 5.56 Å². The lowest BCUT2D eigenvalue weighted by Crippen LogP contribution is -2.42. The molecular weight excluding hydrogens is 390 g/mol. The average Bonchev–Trinajstić information content (AvgIpc) is 2.88. The molecule has 2 aromatic rings. The highest BCUT2D eigenvalue weighted by Gasteiger charge is 2.49. The average molecular weight is 404 g/mol. The molecule has 1 atom stereocenters. The minimum absolute atomic E-state index is 0.0729. The standard InChI is InChI=1S/C17H14ClN5O5/c1-17(10-4-6-11(7-5-10)23(27)28)15(25)22(16(26)21-17)9-13(24)20-12-3-2-8-19-14(12)18/h2-8H,9H2,1H3,(H,20,24)(H,21,26)/t17-/m1/s1. The molecule has 0 saturated carbocycles. The zero-order chi connectivity index (χ0) is 20.5. The molecule has 4 amide bonds. The Labute approximate surface area is 163 Å². The molecule has 1 aromatic heterocycles. The van der Waals surface area contributed by atoms with Crippen molar-refractivity contribution in [2.45, 2.75) is 12.5 Å². The van der Waals surface area contributed by atoms with Crippen LogP contribution >= 0.6 is 11.6 Å². The van der Waals surface area contributed by atoms with Gasteiger partial charge in [-0.05, 0) is 36.8 Å². The number of anilines is 1. The van der Waals surface area contributed by atoms with Gasteiger partial charge in [-0.15, -0.1) is 0 Å². The minimum atomic E-state index is -1.45. The number of urea groups is 1. The van der Waals surface area contributed by atoms with Gasteiger partial charge in [0, 0.05) is 18.3 Å². The summed E-state index contributed by atoms with van der Waals surface area (Å²) in [4.78, 5) is 52.1. The lowest BCUT2D eigenvalue weighted by atomic mass is 9.92. The first-order valence-electron chi connectivity index (χ1n) is 8.02. The van der Waals surface area contributed by atoms with Crippen LogP contribution in [0.4, 0.5) is 16.2 Å². The molecule has 3 rings (SSSR count). The van der Waals surface area contributed by atoms with Crippen molar-refractivity contribution in [2.75, 3.05) is 11.9 Å². The number of carbonyl (C=O) groups excluding carboxylic acids is 3. The van der Waals surface area contributed by atoms with Crippen LogP contribution < -0.4 is 10.6 Å². The number of pyridine rings is 1. The number of imide groups is 1. The zero-order valence-electron chi connectivity index (χ0n) is 14.5. The molecule has 0 aliphatic carbocycles. The molecule has 10 nitrogen and oxygen atoms in total. The van der Waals surface area contributed by atoms with Gasteiger partial charge in [-0.2, -0.15) is 0 Å². The predicted molar refractivity (Wildman–Crippen MR) is 98.6 cm³/mol. The number of hydrogen-bond donors (Lipinski definition) is 2. The van der Waals surface area contributed by atoms with Gasteiger partial charge in [0.2, 0.25) is 5.91 Å². The number of nitro benzene ring substituents is 1. The van der Waals surface area contributed by atoms with Gasteiger partial charge in [-0.25, -0.2) is 9.78 Å². The Morgan fingerprint density at radius 3 is 2.61 bits per heavy atom. The molecule has 0 spiro atoms. The summed E-state index contributed by atoms with van der Waals surface area (Å²) < 4.78 is 0. The molecular formula is C17H14ClN5O5. The fourth-order valence-electron chi connectivity index (χ4n) is 2.77. The van der Waals surface area contributed by atoms with Gasteiger partial charge in [-0.3, -0.25) is 24.6 Å². The number of benzene rings is 1. The van der Waals surface area contributed by atoms with Crippen molar-refractivity contribution in [3.63, 3.8) is 0 Å². The van der Waals surface area contributed by atoms with Crippen molar-refractivity contribution in [1.29, 1.82) is 0 Å². The Balaban J connectivity index is 1.76. The highest BCUT2D eigenvalue weighted by molar-refractivity contribution is 6.32. The summed E-state index contributed by atoms with van der Waals surface area (Å²) >= 11 is 5.87. The van der Waals surface area contributed by atoms with E-state index in [0.717, 1.165) is 4.90 Å². The third kappa shape index (κ3) is 3.49. The molecule has 144 valence electrons. The molecule has 0 bridgehead atoms. The number of nitrogens with one attached hydrogen (secondary N) is 2. The maximum absolute atomic E-state index is 12.8. The van der Waals surface area contributed by atoms with Crippen LogP contribution in [0.15, 0.2) is 42.6 Å². The van der Waals surface area contributed by atoms with Crippen molar-refractivity contribution in [1.82, 2.24) is 15.2 Å². The van der Waals surface area contributed by atoms with Gasteiger partial charge in [0.15, 0.2) is 5.15 Å². The molecule has 0 radical (unpaired) electrons. The summed E-state index contributed by atoms with van der Waals surface area (Å²) in [5, 5.41) is 15.9. The van der Waals surface area contributed by atoms with E-state index in [1.807, 2.05) is 0 Å². The molecule has 1 fully saturated rings. The highest BCUT2D eigenvalue weighted by Crippen LogP contribution is 2.30. The number of hydrogen-bond acceptors (Lipinski definition) is 6. The quantitative estimate of drug-likeness (QED) is 0.339. The number of nitrogens with zero attached hydrogens (tertiary/aromatic N) is 3. The molecule has 0 unspecified atom stereocenters. The van der Waals surface area contributed by atoms with Gasteiger partial charge in [0.25, 0.3) is 11.6 Å². The van der Waals surface area contributed by atoms with Gasteiger partial charge in [-0.1, -0.05) is 11.6 Å². The monoisotopic (exact) mass is 403 g/mol. The maximum Gasteiger partial charge on any atom is 0.325 e. The van der Waals surface area contributed by atoms with E-state index in [1.54, 1.807) is 6.07 Å². The van der Waals surface area contributed by atoms with E-state index in [-0.39, 0.29) is 16.5 Å². The fraction of sp³-hybridized carbons (Fsp3) is 0.176. The SMILES string of the molecule is C[C@]1(c2ccc([N+](=O)[O-])cc2)NC(=O)N(CC(=O)Nc2cccnc2Cl)C1=O. The van der Waals surface area contributed by atoms with Crippen LogP contribution in [-0.4, -0.2) is 39.2 Å². The first-order valence-corrected chi connectivity index (χ1v) is 8.39. The Bertz CT molecular complexity index is 980.